The van der Waals surface area contributed by atoms with E-state index in [0.29, 0.717) is 17.3 Å². The lowest BCUT2D eigenvalue weighted by molar-refractivity contribution is 0.0595. The Labute approximate surface area is 125 Å². The molecule has 20 heavy (non-hydrogen) atoms. The Morgan fingerprint density at radius 2 is 1.45 bits per heavy atom. The van der Waals surface area contributed by atoms with Crippen LogP contribution in [-0.2, 0) is 0 Å². The van der Waals surface area contributed by atoms with Crippen LogP contribution >= 0.6 is 0 Å². The summed E-state index contributed by atoms with van der Waals surface area (Å²) < 4.78 is 0. The Bertz CT molecular complexity index is 466. The van der Waals surface area contributed by atoms with E-state index in [0.717, 1.165) is 0 Å². The smallest absolute Gasteiger partial charge is 0.0163 e. The third-order valence-electron chi connectivity index (χ3n) is 5.31. The zero-order chi connectivity index (χ0) is 15.0. The van der Waals surface area contributed by atoms with Gasteiger partial charge in [0.1, 0.15) is 0 Å². The van der Waals surface area contributed by atoms with Crippen LogP contribution in [-0.4, -0.2) is 0 Å². The molecule has 0 radical (unpaired) electrons. The first-order valence-electron chi connectivity index (χ1n) is 8.04. The molecule has 0 spiro atoms. The van der Waals surface area contributed by atoms with Crippen LogP contribution in [0.1, 0.15) is 59.9 Å². The summed E-state index contributed by atoms with van der Waals surface area (Å²) in [7, 11) is 0. The highest BCUT2D eigenvalue weighted by atomic mass is 14.5. The van der Waals surface area contributed by atoms with Crippen LogP contribution in [0.5, 0.6) is 0 Å². The van der Waals surface area contributed by atoms with Crippen molar-refractivity contribution in [3.63, 3.8) is 0 Å². The molecule has 0 saturated carbocycles. The molecule has 1 aromatic rings. The van der Waals surface area contributed by atoms with Gasteiger partial charge in [0.05, 0.1) is 0 Å². The van der Waals surface area contributed by atoms with Crippen molar-refractivity contribution in [1.82, 2.24) is 0 Å². The van der Waals surface area contributed by atoms with E-state index in [2.05, 4.69) is 78.0 Å². The average Bonchev–Trinajstić information content (AvgIpc) is 2.37. The fourth-order valence-electron chi connectivity index (χ4n) is 4.16. The molecule has 2 rings (SSSR count). The highest BCUT2D eigenvalue weighted by Gasteiger charge is 2.44. The van der Waals surface area contributed by atoms with E-state index in [-0.39, 0.29) is 5.41 Å². The topological polar surface area (TPSA) is 0 Å². The molecule has 110 valence electrons. The van der Waals surface area contributed by atoms with Gasteiger partial charge in [0, 0.05) is 0 Å². The van der Waals surface area contributed by atoms with Crippen molar-refractivity contribution in [3.8, 4) is 0 Å². The van der Waals surface area contributed by atoms with E-state index in [1.165, 1.54) is 18.4 Å². The van der Waals surface area contributed by atoms with Gasteiger partial charge in [-0.25, -0.2) is 0 Å². The molecule has 1 aromatic carbocycles. The summed E-state index contributed by atoms with van der Waals surface area (Å²) in [4.78, 5) is 0. The fraction of sp³-hybridized carbons (Fsp3) is 0.600. The predicted molar refractivity (Wildman–Crippen MR) is 89.5 cm³/mol. The fourth-order valence-corrected chi connectivity index (χ4v) is 4.16. The number of hydrogen-bond donors (Lipinski definition) is 0. The molecule has 0 bridgehead atoms. The summed E-state index contributed by atoms with van der Waals surface area (Å²) in [5.74, 6) is 1.43. The van der Waals surface area contributed by atoms with Crippen LogP contribution in [0.3, 0.4) is 0 Å². The van der Waals surface area contributed by atoms with E-state index in [1.807, 2.05) is 0 Å². The minimum atomic E-state index is 0.290. The van der Waals surface area contributed by atoms with E-state index < -0.39 is 0 Å². The molecule has 0 nitrogen and oxygen atoms in total. The largest absolute Gasteiger partial charge is 0.0750 e. The average molecular weight is 270 g/mol. The second kappa shape index (κ2) is 5.39. The molecular weight excluding hydrogens is 240 g/mol. The standard InChI is InChI=1S/C20H30/c1-15(2)20(16(3)4)13-18(12-19(5,6)14-20)17-10-8-7-9-11-17/h7-12,15-16H,13-14H2,1-6H3. The van der Waals surface area contributed by atoms with Crippen LogP contribution in [0.4, 0.5) is 0 Å². The van der Waals surface area contributed by atoms with Gasteiger partial charge in [0.25, 0.3) is 0 Å². The highest BCUT2D eigenvalue weighted by molar-refractivity contribution is 5.68. The summed E-state index contributed by atoms with van der Waals surface area (Å²) >= 11 is 0. The molecule has 0 N–H and O–H groups in total. The third kappa shape index (κ3) is 2.85. The zero-order valence-electron chi connectivity index (χ0n) is 14.0. The van der Waals surface area contributed by atoms with Gasteiger partial charge in [0.15, 0.2) is 0 Å². The van der Waals surface area contributed by atoms with Crippen molar-refractivity contribution >= 4 is 5.57 Å². The summed E-state index contributed by atoms with van der Waals surface area (Å²) in [5, 5.41) is 0. The van der Waals surface area contributed by atoms with Crippen LogP contribution in [0.25, 0.3) is 5.57 Å². The lowest BCUT2D eigenvalue weighted by Crippen LogP contribution is -2.40. The number of hydrogen-bond acceptors (Lipinski definition) is 0. The maximum Gasteiger partial charge on any atom is -0.0163 e. The van der Waals surface area contributed by atoms with Crippen LogP contribution in [0.15, 0.2) is 36.4 Å². The molecule has 0 atom stereocenters. The first kappa shape index (κ1) is 15.4. The Morgan fingerprint density at radius 3 is 1.95 bits per heavy atom. The van der Waals surface area contributed by atoms with Gasteiger partial charge >= 0.3 is 0 Å². The van der Waals surface area contributed by atoms with Gasteiger partial charge in [0.2, 0.25) is 0 Å². The van der Waals surface area contributed by atoms with E-state index in [1.54, 1.807) is 5.57 Å². The number of allylic oxidation sites excluding steroid dienone is 2. The molecule has 0 unspecified atom stereocenters. The molecule has 0 heterocycles. The van der Waals surface area contributed by atoms with Crippen molar-refractivity contribution in [3.05, 3.63) is 42.0 Å². The maximum atomic E-state index is 2.52. The molecule has 0 heteroatoms. The minimum Gasteiger partial charge on any atom is -0.0750 e. The Balaban J connectivity index is 2.47. The molecule has 0 amide bonds. The second-order valence-electron chi connectivity index (χ2n) is 7.92. The summed E-state index contributed by atoms with van der Waals surface area (Å²) in [6.07, 6.45) is 5.03. The number of benzene rings is 1. The quantitative estimate of drug-likeness (QED) is 0.614. The van der Waals surface area contributed by atoms with E-state index in [4.69, 9.17) is 0 Å². The molecule has 0 fully saturated rings. The van der Waals surface area contributed by atoms with Crippen LogP contribution < -0.4 is 0 Å². The van der Waals surface area contributed by atoms with Crippen LogP contribution in [0, 0.1) is 22.7 Å². The molecule has 1 aliphatic rings. The van der Waals surface area contributed by atoms with Gasteiger partial charge in [-0.2, -0.15) is 0 Å². The van der Waals surface area contributed by atoms with E-state index in [9.17, 15) is 0 Å². The molecule has 1 aliphatic carbocycles. The lowest BCUT2D eigenvalue weighted by Gasteiger charge is -2.50. The van der Waals surface area contributed by atoms with Gasteiger partial charge in [-0.05, 0) is 46.6 Å². The first-order chi connectivity index (χ1) is 9.27. The van der Waals surface area contributed by atoms with Gasteiger partial charge in [-0.1, -0.05) is 78.0 Å². The summed E-state index contributed by atoms with van der Waals surface area (Å²) in [6.45, 7) is 14.4. The molecular formula is C20H30. The van der Waals surface area contributed by atoms with Gasteiger partial charge < -0.3 is 0 Å². The third-order valence-corrected chi connectivity index (χ3v) is 5.31. The highest BCUT2D eigenvalue weighted by Crippen LogP contribution is 2.55. The second-order valence-corrected chi connectivity index (χ2v) is 7.92. The Kier molecular flexibility index (Phi) is 4.14. The SMILES string of the molecule is CC(C)C1(C(C)C)CC(c2ccccc2)=CC(C)(C)C1. The van der Waals surface area contributed by atoms with Crippen molar-refractivity contribution in [2.45, 2.75) is 54.4 Å². The van der Waals surface area contributed by atoms with Crippen molar-refractivity contribution in [2.24, 2.45) is 22.7 Å². The van der Waals surface area contributed by atoms with Gasteiger partial charge in [-0.3, -0.25) is 0 Å². The minimum absolute atomic E-state index is 0.290. The molecule has 0 aromatic heterocycles. The molecule has 0 saturated heterocycles. The van der Waals surface area contributed by atoms with E-state index >= 15 is 0 Å². The normalized spacial score (nSPS) is 21.1. The Hall–Kier alpha value is -1.04. The van der Waals surface area contributed by atoms with Crippen molar-refractivity contribution in [2.75, 3.05) is 0 Å². The van der Waals surface area contributed by atoms with Crippen LogP contribution in [0.2, 0.25) is 0 Å². The predicted octanol–water partition coefficient (Wildman–Crippen LogP) is 6.19. The summed E-state index contributed by atoms with van der Waals surface area (Å²) in [6, 6.07) is 10.9. The maximum absolute atomic E-state index is 2.52. The number of rotatable bonds is 3. The lowest BCUT2D eigenvalue weighted by atomic mass is 9.55. The zero-order valence-corrected chi connectivity index (χ0v) is 14.0. The van der Waals surface area contributed by atoms with Crippen molar-refractivity contribution in [1.29, 1.82) is 0 Å². The monoisotopic (exact) mass is 270 g/mol. The van der Waals surface area contributed by atoms with Crippen molar-refractivity contribution < 1.29 is 0 Å². The molecule has 0 aliphatic heterocycles. The summed E-state index contributed by atoms with van der Waals surface area (Å²) in [5.41, 5.74) is 3.66. The Morgan fingerprint density at radius 1 is 0.900 bits per heavy atom. The van der Waals surface area contributed by atoms with Gasteiger partial charge in [-0.15, -0.1) is 0 Å². The first-order valence-corrected chi connectivity index (χ1v) is 8.04.